The summed E-state index contributed by atoms with van der Waals surface area (Å²) in [5.74, 6) is -0.0633. The van der Waals surface area contributed by atoms with E-state index in [0.717, 1.165) is 46.2 Å². The highest BCUT2D eigenvalue weighted by molar-refractivity contribution is 8.19. The molecule has 1 N–H and O–H groups in total. The number of nitrogens with zero attached hydrogens (tertiary/aromatic N) is 4. The monoisotopic (exact) mass is 525 g/mol. The summed E-state index contributed by atoms with van der Waals surface area (Å²) in [4.78, 5) is 24.5. The van der Waals surface area contributed by atoms with Crippen molar-refractivity contribution in [2.45, 2.75) is 31.2 Å². The Morgan fingerprint density at radius 3 is 2.57 bits per heavy atom. The Morgan fingerprint density at radius 2 is 1.81 bits per heavy atom. The zero-order chi connectivity index (χ0) is 25.8. The molecule has 2 heterocycles. The first kappa shape index (κ1) is 25.0. The summed E-state index contributed by atoms with van der Waals surface area (Å²) < 4.78 is 0. The molecular formula is C29H27N5OS2. The van der Waals surface area contributed by atoms with Gasteiger partial charge in [0.05, 0.1) is 40.3 Å². The van der Waals surface area contributed by atoms with Crippen molar-refractivity contribution in [1.82, 2.24) is 4.90 Å². The summed E-state index contributed by atoms with van der Waals surface area (Å²) in [7, 11) is 2.00. The van der Waals surface area contributed by atoms with Crippen LogP contribution in [-0.4, -0.2) is 29.6 Å². The van der Waals surface area contributed by atoms with E-state index in [2.05, 4.69) is 35.3 Å². The fourth-order valence-electron chi connectivity index (χ4n) is 4.17. The third kappa shape index (κ3) is 5.24. The zero-order valence-electron chi connectivity index (χ0n) is 20.8. The van der Waals surface area contributed by atoms with Crippen LogP contribution in [0.1, 0.15) is 30.9 Å². The van der Waals surface area contributed by atoms with Crippen LogP contribution in [0.3, 0.4) is 0 Å². The second-order valence-corrected chi connectivity index (χ2v) is 10.8. The minimum absolute atomic E-state index is 0.0633. The maximum absolute atomic E-state index is 13.9. The van der Waals surface area contributed by atoms with Gasteiger partial charge in [-0.05, 0) is 54.1 Å². The van der Waals surface area contributed by atoms with E-state index in [9.17, 15) is 10.1 Å². The number of amidine groups is 1. The van der Waals surface area contributed by atoms with Gasteiger partial charge in [0.25, 0.3) is 5.91 Å². The Labute approximate surface area is 226 Å². The molecule has 0 aromatic heterocycles. The quantitative estimate of drug-likeness (QED) is 0.266. The van der Waals surface area contributed by atoms with Crippen molar-refractivity contribution in [3.8, 4) is 6.07 Å². The molecule has 0 atom stereocenters. The minimum atomic E-state index is -0.0633. The van der Waals surface area contributed by atoms with Gasteiger partial charge in [-0.2, -0.15) is 5.26 Å². The third-order valence-electron chi connectivity index (χ3n) is 6.17. The van der Waals surface area contributed by atoms with Gasteiger partial charge in [-0.3, -0.25) is 9.69 Å². The number of hydrogen-bond donors (Lipinski definition) is 1. The number of unbranched alkanes of at least 4 members (excludes halogenated alkanes) is 1. The van der Waals surface area contributed by atoms with Crippen LogP contribution in [0.15, 0.2) is 92.6 Å². The van der Waals surface area contributed by atoms with Crippen molar-refractivity contribution >= 4 is 51.7 Å². The molecule has 0 aliphatic carbocycles. The number of rotatable bonds is 7. The van der Waals surface area contributed by atoms with E-state index >= 15 is 0 Å². The van der Waals surface area contributed by atoms with E-state index in [4.69, 9.17) is 4.99 Å². The smallest absolute Gasteiger partial charge is 0.269 e. The number of fused-ring (bicyclic) bond motifs is 1. The number of anilines is 2. The molecule has 5 rings (SSSR count). The highest BCUT2D eigenvalue weighted by Crippen LogP contribution is 2.50. The standard InChI is InChI=1S/C29H27N5OS2/c1-3-4-16-31-22-15-14-21(18-30)17-23(22)32-29-34(19-20-10-6-5-7-11-20)27(35)26(37-29)28-33(2)24-12-8-9-13-25(24)36-28/h5-15,17,31H,3-4,16,19H2,1-2H3/b28-26-,32-29-. The lowest BCUT2D eigenvalue weighted by molar-refractivity contribution is -0.122. The van der Waals surface area contributed by atoms with Crippen molar-refractivity contribution < 1.29 is 4.79 Å². The Balaban J connectivity index is 1.56. The first-order valence-electron chi connectivity index (χ1n) is 12.2. The van der Waals surface area contributed by atoms with Crippen LogP contribution in [0.25, 0.3) is 0 Å². The van der Waals surface area contributed by atoms with Crippen molar-refractivity contribution in [2.24, 2.45) is 4.99 Å². The van der Waals surface area contributed by atoms with Gasteiger partial charge in [0.2, 0.25) is 0 Å². The van der Waals surface area contributed by atoms with Crippen molar-refractivity contribution in [3.05, 3.63) is 93.9 Å². The van der Waals surface area contributed by atoms with Crippen LogP contribution >= 0.6 is 23.5 Å². The van der Waals surface area contributed by atoms with Gasteiger partial charge in [0.15, 0.2) is 5.17 Å². The number of thioether (sulfide) groups is 2. The number of carbonyl (C=O) groups is 1. The van der Waals surface area contributed by atoms with E-state index in [1.807, 2.05) is 55.6 Å². The fourth-order valence-corrected chi connectivity index (χ4v) is 6.51. The largest absolute Gasteiger partial charge is 0.383 e. The SMILES string of the molecule is CCCCNc1ccc(C#N)cc1/N=C1\S/C(=C2\Sc3ccccc3N2C)C(=O)N1Cc1ccccc1. The predicted octanol–water partition coefficient (Wildman–Crippen LogP) is 6.94. The first-order valence-corrected chi connectivity index (χ1v) is 13.9. The molecule has 3 aromatic carbocycles. The Morgan fingerprint density at radius 1 is 1.03 bits per heavy atom. The Hall–Kier alpha value is -3.67. The maximum Gasteiger partial charge on any atom is 0.269 e. The molecule has 1 fully saturated rings. The van der Waals surface area contributed by atoms with E-state index < -0.39 is 0 Å². The molecule has 0 radical (unpaired) electrons. The molecule has 3 aromatic rings. The minimum Gasteiger partial charge on any atom is -0.383 e. The number of para-hydroxylation sites is 1. The lowest BCUT2D eigenvalue weighted by Crippen LogP contribution is -2.29. The highest BCUT2D eigenvalue weighted by Gasteiger charge is 2.39. The molecule has 2 aliphatic heterocycles. The zero-order valence-corrected chi connectivity index (χ0v) is 22.4. The number of hydrogen-bond acceptors (Lipinski definition) is 7. The Bertz CT molecular complexity index is 1430. The summed E-state index contributed by atoms with van der Waals surface area (Å²) in [5.41, 5.74) is 4.16. The van der Waals surface area contributed by atoms with Crippen LogP contribution in [0.5, 0.6) is 0 Å². The van der Waals surface area contributed by atoms with Gasteiger partial charge in [0.1, 0.15) is 4.91 Å². The van der Waals surface area contributed by atoms with Crippen molar-refractivity contribution in [3.63, 3.8) is 0 Å². The second-order valence-electron chi connectivity index (χ2n) is 8.76. The van der Waals surface area contributed by atoms with Crippen LogP contribution in [0, 0.1) is 11.3 Å². The third-order valence-corrected chi connectivity index (χ3v) is 8.60. The molecule has 0 spiro atoms. The van der Waals surface area contributed by atoms with Crippen LogP contribution in [0.2, 0.25) is 0 Å². The molecule has 37 heavy (non-hydrogen) atoms. The normalized spacial score (nSPS) is 17.9. The summed E-state index contributed by atoms with van der Waals surface area (Å²) >= 11 is 3.01. The van der Waals surface area contributed by atoms with E-state index in [0.29, 0.717) is 27.9 Å². The molecule has 0 bridgehead atoms. The van der Waals surface area contributed by atoms with Gasteiger partial charge in [0, 0.05) is 18.5 Å². The molecular weight excluding hydrogens is 498 g/mol. The molecule has 186 valence electrons. The van der Waals surface area contributed by atoms with Gasteiger partial charge >= 0.3 is 0 Å². The Kier molecular flexibility index (Phi) is 7.54. The maximum atomic E-state index is 13.9. The van der Waals surface area contributed by atoms with Crippen LogP contribution in [0.4, 0.5) is 17.1 Å². The number of nitrogens with one attached hydrogen (secondary N) is 1. The molecule has 8 heteroatoms. The number of aliphatic imine (C=N–C) groups is 1. The molecule has 0 saturated carbocycles. The summed E-state index contributed by atoms with van der Waals surface area (Å²) in [6.45, 7) is 3.38. The average Bonchev–Trinajstić information content (AvgIpc) is 3.41. The van der Waals surface area contributed by atoms with Crippen LogP contribution in [-0.2, 0) is 11.3 Å². The number of nitriles is 1. The molecule has 2 aliphatic rings. The summed E-state index contributed by atoms with van der Waals surface area (Å²) in [5, 5.41) is 14.5. The van der Waals surface area contributed by atoms with E-state index in [1.54, 1.807) is 28.8 Å². The second kappa shape index (κ2) is 11.2. The van der Waals surface area contributed by atoms with Gasteiger partial charge < -0.3 is 10.2 Å². The predicted molar refractivity (Wildman–Crippen MR) is 154 cm³/mol. The number of amides is 1. The lowest BCUT2D eigenvalue weighted by atomic mass is 10.2. The van der Waals surface area contributed by atoms with Gasteiger partial charge in [-0.25, -0.2) is 4.99 Å². The van der Waals surface area contributed by atoms with Crippen molar-refractivity contribution in [1.29, 1.82) is 5.26 Å². The number of benzene rings is 3. The van der Waals surface area contributed by atoms with Gasteiger partial charge in [-0.15, -0.1) is 0 Å². The number of carbonyl (C=O) groups excluding carboxylic acids is 1. The first-order chi connectivity index (χ1) is 18.1. The lowest BCUT2D eigenvalue weighted by Gasteiger charge is -2.17. The topological polar surface area (TPSA) is 71.7 Å². The van der Waals surface area contributed by atoms with Crippen molar-refractivity contribution in [2.75, 3.05) is 23.8 Å². The highest BCUT2D eigenvalue weighted by atomic mass is 32.2. The molecule has 0 unspecified atom stereocenters. The van der Waals surface area contributed by atoms with Gasteiger partial charge in [-0.1, -0.05) is 67.6 Å². The fraction of sp³-hybridized carbons (Fsp3) is 0.207. The summed E-state index contributed by atoms with van der Waals surface area (Å²) in [6.07, 6.45) is 2.11. The van der Waals surface area contributed by atoms with Crippen LogP contribution < -0.4 is 10.2 Å². The molecule has 1 amide bonds. The summed E-state index contributed by atoms with van der Waals surface area (Å²) in [6, 6.07) is 25.8. The molecule has 1 saturated heterocycles. The van der Waals surface area contributed by atoms with E-state index in [-0.39, 0.29) is 5.91 Å². The average molecular weight is 526 g/mol. The molecule has 6 nitrogen and oxygen atoms in total. The van der Waals surface area contributed by atoms with E-state index in [1.165, 1.54) is 11.8 Å².